The maximum Gasteiger partial charge on any atom is 0.332 e. The Bertz CT molecular complexity index is 347. The predicted octanol–water partition coefficient (Wildman–Crippen LogP) is 3.26. The van der Waals surface area contributed by atoms with Crippen LogP contribution in [0.1, 0.15) is 25.6 Å². The van der Waals surface area contributed by atoms with E-state index in [0.29, 0.717) is 5.57 Å². The Hall–Kier alpha value is -1.09. The van der Waals surface area contributed by atoms with Crippen molar-refractivity contribution in [1.82, 2.24) is 0 Å². The quantitative estimate of drug-likeness (QED) is 0.777. The molecule has 1 aromatic rings. The lowest BCUT2D eigenvalue weighted by molar-refractivity contribution is -0.133. The summed E-state index contributed by atoms with van der Waals surface area (Å²) in [4.78, 5) is 12.1. The molecule has 0 spiro atoms. The average Bonchev–Trinajstić information content (AvgIpc) is 2.53. The molecule has 14 heavy (non-hydrogen) atoms. The van der Waals surface area contributed by atoms with Crippen LogP contribution in [0, 0.1) is 5.92 Å². The highest BCUT2D eigenvalue weighted by Crippen LogP contribution is 2.26. The topological polar surface area (TPSA) is 37.3 Å². The summed E-state index contributed by atoms with van der Waals surface area (Å²) in [5.41, 5.74) is 1.38. The number of thiophene rings is 1. The minimum absolute atomic E-state index is 0.0506. The molecule has 0 saturated heterocycles. The van der Waals surface area contributed by atoms with E-state index in [1.54, 1.807) is 11.3 Å². The Kier molecular flexibility index (Phi) is 3.47. The number of hydrogen-bond acceptors (Lipinski definition) is 2. The Morgan fingerprint density at radius 3 is 2.50 bits per heavy atom. The van der Waals surface area contributed by atoms with E-state index >= 15 is 0 Å². The normalized spacial score (nSPS) is 12.9. The van der Waals surface area contributed by atoms with E-state index in [1.165, 1.54) is 0 Å². The first kappa shape index (κ1) is 11.0. The molecule has 0 fully saturated rings. The minimum atomic E-state index is -0.814. The fourth-order valence-corrected chi connectivity index (χ4v) is 2.21. The molecule has 1 N–H and O–H groups in total. The summed E-state index contributed by atoms with van der Waals surface area (Å²) in [6.07, 6.45) is 0. The van der Waals surface area contributed by atoms with Gasteiger partial charge >= 0.3 is 5.97 Å². The number of carbonyl (C=O) groups is 1. The molecule has 1 rings (SSSR count). The van der Waals surface area contributed by atoms with Crippen molar-refractivity contribution >= 4 is 22.9 Å². The summed E-state index contributed by atoms with van der Waals surface area (Å²) in [5, 5.41) is 11.0. The van der Waals surface area contributed by atoms with Gasteiger partial charge in [0.2, 0.25) is 0 Å². The lowest BCUT2D eigenvalue weighted by Crippen LogP contribution is -2.08. The molecule has 1 aromatic heterocycles. The summed E-state index contributed by atoms with van der Waals surface area (Å²) in [7, 11) is 0. The van der Waals surface area contributed by atoms with E-state index < -0.39 is 5.97 Å². The fraction of sp³-hybridized carbons (Fsp3) is 0.364. The highest BCUT2D eigenvalue weighted by molar-refractivity contribution is 7.11. The van der Waals surface area contributed by atoms with Crippen LogP contribution in [-0.4, -0.2) is 11.1 Å². The molecule has 0 aromatic carbocycles. The van der Waals surface area contributed by atoms with E-state index in [9.17, 15) is 4.79 Å². The molecule has 0 amide bonds. The van der Waals surface area contributed by atoms with Gasteiger partial charge in [0.05, 0.1) is 0 Å². The second-order valence-corrected chi connectivity index (χ2v) is 4.42. The molecule has 0 aliphatic carbocycles. The molecule has 0 aliphatic rings. The van der Waals surface area contributed by atoms with Crippen molar-refractivity contribution in [1.29, 1.82) is 0 Å². The Morgan fingerprint density at radius 1 is 1.50 bits per heavy atom. The molecule has 0 aliphatic heterocycles. The summed E-state index contributed by atoms with van der Waals surface area (Å²) in [5.74, 6) is -0.763. The fourth-order valence-electron chi connectivity index (χ4n) is 1.47. The molecule has 1 heterocycles. The molecule has 0 bridgehead atoms. The SMILES string of the molecule is C/C(=C(\C(=O)O)C(C)C)c1cccs1. The molecule has 0 radical (unpaired) electrons. The second-order valence-electron chi connectivity index (χ2n) is 3.48. The van der Waals surface area contributed by atoms with Crippen molar-refractivity contribution in [2.24, 2.45) is 5.92 Å². The number of hydrogen-bond donors (Lipinski definition) is 1. The Labute approximate surface area is 87.9 Å². The molecule has 0 saturated carbocycles. The molecule has 2 nitrogen and oxygen atoms in total. The predicted molar refractivity (Wildman–Crippen MR) is 59.4 cm³/mol. The highest BCUT2D eigenvalue weighted by atomic mass is 32.1. The van der Waals surface area contributed by atoms with Gasteiger partial charge < -0.3 is 5.11 Å². The third-order valence-corrected chi connectivity index (χ3v) is 3.09. The number of carboxylic acid groups (broad SMARTS) is 1. The van der Waals surface area contributed by atoms with Crippen LogP contribution in [0.25, 0.3) is 5.57 Å². The van der Waals surface area contributed by atoms with Crippen LogP contribution in [0.2, 0.25) is 0 Å². The van der Waals surface area contributed by atoms with Gasteiger partial charge in [0.1, 0.15) is 0 Å². The zero-order chi connectivity index (χ0) is 10.7. The molecule has 0 unspecified atom stereocenters. The molecular weight excluding hydrogens is 196 g/mol. The number of rotatable bonds is 3. The van der Waals surface area contributed by atoms with E-state index in [0.717, 1.165) is 10.5 Å². The van der Waals surface area contributed by atoms with Crippen LogP contribution in [0.4, 0.5) is 0 Å². The van der Waals surface area contributed by atoms with Crippen LogP contribution in [0.5, 0.6) is 0 Å². The smallest absolute Gasteiger partial charge is 0.332 e. The highest BCUT2D eigenvalue weighted by Gasteiger charge is 2.16. The van der Waals surface area contributed by atoms with Crippen LogP contribution in [-0.2, 0) is 4.79 Å². The van der Waals surface area contributed by atoms with Gasteiger partial charge in [-0.15, -0.1) is 11.3 Å². The molecule has 0 atom stereocenters. The lowest BCUT2D eigenvalue weighted by Gasteiger charge is -2.09. The van der Waals surface area contributed by atoms with Gasteiger partial charge in [0, 0.05) is 10.5 Å². The number of allylic oxidation sites excluding steroid dienone is 1. The number of aliphatic carboxylic acids is 1. The van der Waals surface area contributed by atoms with Gasteiger partial charge in [-0.3, -0.25) is 0 Å². The van der Waals surface area contributed by atoms with E-state index in [2.05, 4.69) is 0 Å². The van der Waals surface area contributed by atoms with Crippen molar-refractivity contribution in [2.45, 2.75) is 20.8 Å². The average molecular weight is 210 g/mol. The Balaban J connectivity index is 3.18. The van der Waals surface area contributed by atoms with Gasteiger partial charge in [-0.05, 0) is 29.9 Å². The standard InChI is InChI=1S/C11H14O2S/c1-7(2)10(11(12)13)8(3)9-5-4-6-14-9/h4-7H,1-3H3,(H,12,13)/b10-8+. The maximum atomic E-state index is 11.0. The van der Waals surface area contributed by atoms with Gasteiger partial charge in [-0.1, -0.05) is 19.9 Å². The first-order valence-electron chi connectivity index (χ1n) is 4.52. The lowest BCUT2D eigenvalue weighted by atomic mass is 9.97. The van der Waals surface area contributed by atoms with Gasteiger partial charge in [-0.2, -0.15) is 0 Å². The first-order chi connectivity index (χ1) is 6.54. The van der Waals surface area contributed by atoms with Crippen molar-refractivity contribution in [3.05, 3.63) is 28.0 Å². The van der Waals surface area contributed by atoms with E-state index in [-0.39, 0.29) is 5.92 Å². The largest absolute Gasteiger partial charge is 0.478 e. The van der Waals surface area contributed by atoms with Crippen molar-refractivity contribution in [3.63, 3.8) is 0 Å². The minimum Gasteiger partial charge on any atom is -0.478 e. The van der Waals surface area contributed by atoms with E-state index in [4.69, 9.17) is 5.11 Å². The third kappa shape index (κ3) is 2.23. The Morgan fingerprint density at radius 2 is 2.14 bits per heavy atom. The van der Waals surface area contributed by atoms with Gasteiger partial charge in [0.25, 0.3) is 0 Å². The van der Waals surface area contributed by atoms with Crippen molar-refractivity contribution < 1.29 is 9.90 Å². The number of carboxylic acids is 1. The van der Waals surface area contributed by atoms with Crippen molar-refractivity contribution in [3.8, 4) is 0 Å². The molecule has 3 heteroatoms. The zero-order valence-corrected chi connectivity index (χ0v) is 9.39. The summed E-state index contributed by atoms with van der Waals surface area (Å²) in [6, 6.07) is 3.88. The van der Waals surface area contributed by atoms with Crippen molar-refractivity contribution in [2.75, 3.05) is 0 Å². The molecular formula is C11H14O2S. The van der Waals surface area contributed by atoms with Crippen LogP contribution in [0.3, 0.4) is 0 Å². The van der Waals surface area contributed by atoms with Crippen LogP contribution in [0.15, 0.2) is 23.1 Å². The molecule has 76 valence electrons. The van der Waals surface area contributed by atoms with E-state index in [1.807, 2.05) is 38.3 Å². The third-order valence-electron chi connectivity index (χ3n) is 2.10. The van der Waals surface area contributed by atoms with Crippen LogP contribution < -0.4 is 0 Å². The van der Waals surface area contributed by atoms with Crippen LogP contribution >= 0.6 is 11.3 Å². The summed E-state index contributed by atoms with van der Waals surface area (Å²) < 4.78 is 0. The first-order valence-corrected chi connectivity index (χ1v) is 5.40. The summed E-state index contributed by atoms with van der Waals surface area (Å²) >= 11 is 1.57. The summed E-state index contributed by atoms with van der Waals surface area (Å²) in [6.45, 7) is 5.68. The zero-order valence-electron chi connectivity index (χ0n) is 8.57. The monoisotopic (exact) mass is 210 g/mol. The maximum absolute atomic E-state index is 11.0. The second kappa shape index (κ2) is 4.42. The van der Waals surface area contributed by atoms with Gasteiger partial charge in [0.15, 0.2) is 0 Å². The van der Waals surface area contributed by atoms with Gasteiger partial charge in [-0.25, -0.2) is 4.79 Å².